The van der Waals surface area contributed by atoms with E-state index in [9.17, 15) is 4.79 Å². The van der Waals surface area contributed by atoms with Crippen LogP contribution in [0.2, 0.25) is 0 Å². The van der Waals surface area contributed by atoms with Crippen LogP contribution in [-0.2, 0) is 9.63 Å². The van der Waals surface area contributed by atoms with Gasteiger partial charge in [-0.05, 0) is 55.9 Å². The number of nitrogens with two attached hydrogens (primary N) is 3. The SMILES string of the molecule is NN=NC(=O)C1=C(N(N)C2[C@@H]3CC4C[C@H]2CC(ON)(C4)C3)c2cc[nH]c2NC1. The highest BCUT2D eigenvalue weighted by Crippen LogP contribution is 2.58. The van der Waals surface area contributed by atoms with E-state index in [1.165, 1.54) is 0 Å². The van der Waals surface area contributed by atoms with E-state index >= 15 is 0 Å². The van der Waals surface area contributed by atoms with Crippen LogP contribution in [-0.4, -0.2) is 34.1 Å². The molecule has 0 spiro atoms. The normalized spacial score (nSPS) is 35.9. The minimum atomic E-state index is -0.474. The lowest BCUT2D eigenvalue weighted by Crippen LogP contribution is -2.64. The average Bonchev–Trinajstić information content (AvgIpc) is 3.15. The third-order valence-electron chi connectivity index (χ3n) is 7.13. The van der Waals surface area contributed by atoms with Crippen LogP contribution >= 0.6 is 0 Å². The van der Waals surface area contributed by atoms with E-state index in [0.717, 1.165) is 43.5 Å². The number of H-pyrrole nitrogens is 1. The van der Waals surface area contributed by atoms with Crippen molar-refractivity contribution in [3.8, 4) is 0 Å². The molecule has 2 heterocycles. The molecule has 4 fully saturated rings. The number of aromatic amines is 1. The number of aromatic nitrogens is 1. The number of hydrazine groups is 1. The lowest BCUT2D eigenvalue weighted by Gasteiger charge is -2.60. The molecule has 5 atom stereocenters. The second-order valence-electron chi connectivity index (χ2n) is 8.64. The molecule has 10 nitrogen and oxygen atoms in total. The van der Waals surface area contributed by atoms with E-state index < -0.39 is 5.91 Å². The molecule has 0 saturated heterocycles. The smallest absolute Gasteiger partial charge is 0.297 e. The Morgan fingerprint density at radius 3 is 2.71 bits per heavy atom. The summed E-state index contributed by atoms with van der Waals surface area (Å²) in [7, 11) is 0. The molecule has 1 aliphatic heterocycles. The maximum Gasteiger partial charge on any atom is 0.297 e. The molecule has 0 aromatic carbocycles. The van der Waals surface area contributed by atoms with E-state index in [1.807, 2.05) is 17.3 Å². The van der Waals surface area contributed by atoms with Gasteiger partial charge in [0.25, 0.3) is 5.91 Å². The van der Waals surface area contributed by atoms with Gasteiger partial charge < -0.3 is 21.2 Å². The Bertz CT molecular complexity index is 846. The second kappa shape index (κ2) is 6.29. The number of carbonyl (C=O) groups is 1. The summed E-state index contributed by atoms with van der Waals surface area (Å²) in [6, 6.07) is 2.05. The van der Waals surface area contributed by atoms with Crippen LogP contribution in [0, 0.1) is 17.8 Å². The minimum absolute atomic E-state index is 0.133. The van der Waals surface area contributed by atoms with Gasteiger partial charge in [-0.15, -0.1) is 0 Å². The highest BCUT2D eigenvalue weighted by atomic mass is 16.6. The standard InChI is InChI=1S/C18H26N8O2/c19-25-24-17(27)13-8-23-16-12(1-2-22-16)15(13)26(20)14-10-3-9-4-11(14)7-18(5-9,6-10)28-21/h1-2,9-11,14,22-23H,3-8,20-21H2,(H2,19,24,27)/t9?,10-,11+,14?,18?. The lowest BCUT2D eigenvalue weighted by atomic mass is 9.52. The van der Waals surface area contributed by atoms with Gasteiger partial charge in [-0.25, -0.2) is 11.7 Å². The molecule has 10 heteroatoms. The molecule has 1 amide bonds. The van der Waals surface area contributed by atoms with Crippen molar-refractivity contribution < 1.29 is 9.63 Å². The largest absolute Gasteiger partial charge is 0.367 e. The van der Waals surface area contributed by atoms with Crippen molar-refractivity contribution in [1.82, 2.24) is 9.99 Å². The highest BCUT2D eigenvalue weighted by Gasteiger charge is 2.58. The molecule has 0 radical (unpaired) electrons. The van der Waals surface area contributed by atoms with Crippen molar-refractivity contribution in [2.45, 2.75) is 43.7 Å². The molecule has 1 aromatic heterocycles. The Hall–Kier alpha value is -2.43. The summed E-state index contributed by atoms with van der Waals surface area (Å²) in [5.41, 5.74) is 1.83. The molecule has 4 saturated carbocycles. The number of hydrogen-bond acceptors (Lipinski definition) is 7. The Labute approximate surface area is 162 Å². The topological polar surface area (TPSA) is 160 Å². The summed E-state index contributed by atoms with van der Waals surface area (Å²) >= 11 is 0. The van der Waals surface area contributed by atoms with E-state index in [4.69, 9.17) is 22.4 Å². The fourth-order valence-corrected chi connectivity index (χ4v) is 6.39. The lowest BCUT2D eigenvalue weighted by molar-refractivity contribution is -0.185. The third kappa shape index (κ3) is 2.48. The van der Waals surface area contributed by atoms with Crippen molar-refractivity contribution in [3.63, 3.8) is 0 Å². The number of nitrogens with one attached hydrogen (secondary N) is 2. The number of amides is 1. The molecule has 28 heavy (non-hydrogen) atoms. The quantitative estimate of drug-likeness (QED) is 0.293. The first-order chi connectivity index (χ1) is 13.5. The van der Waals surface area contributed by atoms with Gasteiger partial charge in [0.1, 0.15) is 5.82 Å². The Morgan fingerprint density at radius 1 is 1.29 bits per heavy atom. The van der Waals surface area contributed by atoms with Gasteiger partial charge in [0.15, 0.2) is 0 Å². The summed E-state index contributed by atoms with van der Waals surface area (Å²) in [4.78, 5) is 21.2. The first-order valence-corrected chi connectivity index (χ1v) is 9.77. The molecule has 5 aliphatic rings. The fourth-order valence-electron chi connectivity index (χ4n) is 6.39. The van der Waals surface area contributed by atoms with Gasteiger partial charge in [-0.2, -0.15) is 0 Å². The summed E-state index contributed by atoms with van der Waals surface area (Å²) in [6.45, 7) is 0.314. The van der Waals surface area contributed by atoms with Crippen molar-refractivity contribution in [1.29, 1.82) is 0 Å². The van der Waals surface area contributed by atoms with Crippen molar-refractivity contribution >= 4 is 17.4 Å². The van der Waals surface area contributed by atoms with E-state index in [0.29, 0.717) is 35.6 Å². The first kappa shape index (κ1) is 17.7. The minimum Gasteiger partial charge on any atom is -0.367 e. The van der Waals surface area contributed by atoms with Gasteiger partial charge in [-0.3, -0.25) is 9.63 Å². The Balaban J connectivity index is 1.54. The summed E-state index contributed by atoms with van der Waals surface area (Å²) in [5, 5.41) is 11.7. The van der Waals surface area contributed by atoms with E-state index in [-0.39, 0.29) is 11.6 Å². The predicted molar refractivity (Wildman–Crippen MR) is 102 cm³/mol. The molecule has 150 valence electrons. The number of fused-ring (bicyclic) bond motifs is 1. The predicted octanol–water partition coefficient (Wildman–Crippen LogP) is 1.02. The van der Waals surface area contributed by atoms with E-state index in [1.54, 1.807) is 0 Å². The van der Waals surface area contributed by atoms with Gasteiger partial charge in [0.05, 0.1) is 22.9 Å². The van der Waals surface area contributed by atoms with Crippen LogP contribution in [0.3, 0.4) is 0 Å². The Morgan fingerprint density at radius 2 is 2.04 bits per heavy atom. The number of nitrogens with zero attached hydrogens (tertiary/aromatic N) is 3. The second-order valence-corrected chi connectivity index (χ2v) is 8.64. The summed E-state index contributed by atoms with van der Waals surface area (Å²) in [5.74, 6) is 19.4. The first-order valence-electron chi connectivity index (χ1n) is 9.77. The van der Waals surface area contributed by atoms with Crippen molar-refractivity contribution in [2.24, 2.45) is 45.7 Å². The van der Waals surface area contributed by atoms with Crippen LogP contribution in [0.25, 0.3) is 5.70 Å². The maximum atomic E-state index is 12.6. The van der Waals surface area contributed by atoms with Crippen LogP contribution in [0.4, 0.5) is 5.82 Å². The fraction of sp³-hybridized carbons (Fsp3) is 0.611. The molecular weight excluding hydrogens is 360 g/mol. The van der Waals surface area contributed by atoms with E-state index in [2.05, 4.69) is 20.6 Å². The maximum absolute atomic E-state index is 12.6. The average molecular weight is 386 g/mol. The zero-order valence-corrected chi connectivity index (χ0v) is 15.6. The summed E-state index contributed by atoms with van der Waals surface area (Å²) < 4.78 is 0. The molecule has 4 aliphatic carbocycles. The number of rotatable bonds is 4. The molecule has 4 bridgehead atoms. The third-order valence-corrected chi connectivity index (χ3v) is 7.13. The molecule has 8 N–H and O–H groups in total. The van der Waals surface area contributed by atoms with Crippen molar-refractivity contribution in [2.75, 3.05) is 11.9 Å². The number of carbonyl (C=O) groups excluding carboxylic acids is 1. The monoisotopic (exact) mass is 386 g/mol. The number of anilines is 1. The van der Waals surface area contributed by atoms with Crippen LogP contribution < -0.4 is 22.9 Å². The number of hydrogen-bond donors (Lipinski definition) is 5. The van der Waals surface area contributed by atoms with Crippen LogP contribution in [0.1, 0.15) is 37.7 Å². The molecule has 1 aromatic rings. The van der Waals surface area contributed by atoms with Gasteiger partial charge in [-0.1, -0.05) is 10.3 Å². The molecule has 6 rings (SSSR count). The highest BCUT2D eigenvalue weighted by molar-refractivity contribution is 6.04. The van der Waals surface area contributed by atoms with Crippen LogP contribution in [0.15, 0.2) is 28.2 Å². The van der Waals surface area contributed by atoms with Crippen LogP contribution in [0.5, 0.6) is 0 Å². The molecular formula is C18H26N8O2. The van der Waals surface area contributed by atoms with Crippen molar-refractivity contribution in [3.05, 3.63) is 23.4 Å². The molecule has 3 unspecified atom stereocenters. The van der Waals surface area contributed by atoms with Gasteiger partial charge >= 0.3 is 0 Å². The van der Waals surface area contributed by atoms with Gasteiger partial charge in [0.2, 0.25) is 0 Å². The van der Waals surface area contributed by atoms with Gasteiger partial charge in [0, 0.05) is 18.3 Å². The zero-order chi connectivity index (χ0) is 19.5. The summed E-state index contributed by atoms with van der Waals surface area (Å²) in [6.07, 6.45) is 6.94. The zero-order valence-electron chi connectivity index (χ0n) is 15.6. The Kier molecular flexibility index (Phi) is 3.97.